The van der Waals surface area contributed by atoms with Gasteiger partial charge in [0, 0.05) is 23.2 Å². The summed E-state index contributed by atoms with van der Waals surface area (Å²) in [6, 6.07) is 13.6. The number of hydrogen-bond donors (Lipinski definition) is 2. The van der Waals surface area contributed by atoms with Crippen molar-refractivity contribution in [1.82, 2.24) is 15.0 Å². The SMILES string of the molecule is COc1cc(NS(=O)(=O)c2cc(NC(=O)c3csc(-c4ccccc4)n3)cnc2OC)ccn1. The second-order valence-corrected chi connectivity index (χ2v) is 9.29. The van der Waals surface area contributed by atoms with Gasteiger partial charge in [0.05, 0.1) is 31.8 Å². The highest BCUT2D eigenvalue weighted by Gasteiger charge is 2.23. The number of rotatable bonds is 8. The van der Waals surface area contributed by atoms with Crippen LogP contribution >= 0.6 is 11.3 Å². The lowest BCUT2D eigenvalue weighted by atomic mass is 10.2. The topological polar surface area (TPSA) is 132 Å². The van der Waals surface area contributed by atoms with Gasteiger partial charge in [-0.25, -0.2) is 23.4 Å². The summed E-state index contributed by atoms with van der Waals surface area (Å²) in [7, 11) is -1.40. The smallest absolute Gasteiger partial charge is 0.275 e. The monoisotopic (exact) mass is 497 g/mol. The summed E-state index contributed by atoms with van der Waals surface area (Å²) in [6.07, 6.45) is 2.70. The van der Waals surface area contributed by atoms with E-state index in [4.69, 9.17) is 9.47 Å². The van der Waals surface area contributed by atoms with Crippen molar-refractivity contribution in [2.45, 2.75) is 4.90 Å². The van der Waals surface area contributed by atoms with Gasteiger partial charge in [-0.05, 0) is 12.1 Å². The molecule has 0 aliphatic rings. The zero-order chi connectivity index (χ0) is 24.1. The number of amides is 1. The van der Waals surface area contributed by atoms with E-state index in [1.807, 2.05) is 30.3 Å². The molecule has 0 saturated carbocycles. The minimum absolute atomic E-state index is 0.133. The number of hydrogen-bond acceptors (Lipinski definition) is 9. The van der Waals surface area contributed by atoms with Crippen molar-refractivity contribution < 1.29 is 22.7 Å². The molecule has 174 valence electrons. The summed E-state index contributed by atoms with van der Waals surface area (Å²) in [5, 5.41) is 4.96. The Kier molecular flexibility index (Phi) is 6.70. The van der Waals surface area contributed by atoms with Crippen LogP contribution in [0.2, 0.25) is 0 Å². The number of thiazole rings is 1. The third kappa shape index (κ3) is 5.13. The Morgan fingerprint density at radius 1 is 1.00 bits per heavy atom. The van der Waals surface area contributed by atoms with Crippen molar-refractivity contribution in [2.24, 2.45) is 0 Å². The van der Waals surface area contributed by atoms with Gasteiger partial charge in [-0.15, -0.1) is 11.3 Å². The molecule has 4 aromatic rings. The van der Waals surface area contributed by atoms with Gasteiger partial charge < -0.3 is 14.8 Å². The van der Waals surface area contributed by atoms with E-state index in [2.05, 4.69) is 25.0 Å². The maximum Gasteiger partial charge on any atom is 0.275 e. The highest BCUT2D eigenvalue weighted by Crippen LogP contribution is 2.28. The highest BCUT2D eigenvalue weighted by molar-refractivity contribution is 7.92. The lowest BCUT2D eigenvalue weighted by Gasteiger charge is -2.13. The van der Waals surface area contributed by atoms with Crippen molar-refractivity contribution >= 4 is 38.6 Å². The molecule has 12 heteroatoms. The van der Waals surface area contributed by atoms with Crippen LogP contribution in [0.3, 0.4) is 0 Å². The van der Waals surface area contributed by atoms with Gasteiger partial charge in [0.2, 0.25) is 11.8 Å². The van der Waals surface area contributed by atoms with E-state index in [1.165, 1.54) is 56.1 Å². The van der Waals surface area contributed by atoms with Crippen LogP contribution in [0.15, 0.2) is 71.2 Å². The summed E-state index contributed by atoms with van der Waals surface area (Å²) in [6.45, 7) is 0. The molecule has 0 aliphatic carbocycles. The number of nitrogens with zero attached hydrogens (tertiary/aromatic N) is 3. The molecule has 1 aromatic carbocycles. The van der Waals surface area contributed by atoms with Gasteiger partial charge in [0.25, 0.3) is 15.9 Å². The molecule has 4 rings (SSSR count). The number of pyridine rings is 2. The van der Waals surface area contributed by atoms with Crippen LogP contribution in [0.4, 0.5) is 11.4 Å². The molecule has 0 aliphatic heterocycles. The number of sulfonamides is 1. The summed E-state index contributed by atoms with van der Waals surface area (Å²) in [4.78, 5) is 24.8. The Labute approximate surface area is 199 Å². The first-order valence-corrected chi connectivity index (χ1v) is 12.1. The maximum atomic E-state index is 13.0. The van der Waals surface area contributed by atoms with E-state index < -0.39 is 15.9 Å². The summed E-state index contributed by atoms with van der Waals surface area (Å²) in [5.41, 5.74) is 1.49. The second-order valence-electron chi connectivity index (χ2n) is 6.78. The number of anilines is 2. The summed E-state index contributed by atoms with van der Waals surface area (Å²) >= 11 is 1.33. The molecule has 3 heterocycles. The fraction of sp³-hybridized carbons (Fsp3) is 0.0909. The van der Waals surface area contributed by atoms with Crippen molar-refractivity contribution in [1.29, 1.82) is 0 Å². The predicted octanol–water partition coefficient (Wildman–Crippen LogP) is 3.67. The average Bonchev–Trinajstić information content (AvgIpc) is 3.35. The maximum absolute atomic E-state index is 13.0. The first-order chi connectivity index (χ1) is 16.4. The molecule has 34 heavy (non-hydrogen) atoms. The molecule has 0 spiro atoms. The van der Waals surface area contributed by atoms with E-state index in [1.54, 1.807) is 5.38 Å². The number of methoxy groups -OCH3 is 2. The molecule has 0 fully saturated rings. The number of nitrogens with one attached hydrogen (secondary N) is 2. The van der Waals surface area contributed by atoms with Crippen molar-refractivity contribution in [2.75, 3.05) is 24.3 Å². The van der Waals surface area contributed by atoms with Gasteiger partial charge in [0.15, 0.2) is 4.90 Å². The minimum atomic E-state index is -4.12. The van der Waals surface area contributed by atoms with Gasteiger partial charge in [-0.1, -0.05) is 30.3 Å². The van der Waals surface area contributed by atoms with Crippen LogP contribution in [0.5, 0.6) is 11.8 Å². The molecule has 10 nitrogen and oxygen atoms in total. The number of carbonyl (C=O) groups is 1. The largest absolute Gasteiger partial charge is 0.481 e. The summed E-state index contributed by atoms with van der Waals surface area (Å²) in [5.74, 6) is -0.392. The molecule has 2 N–H and O–H groups in total. The van der Waals surface area contributed by atoms with Crippen LogP contribution in [0, 0.1) is 0 Å². The molecule has 1 amide bonds. The Balaban J connectivity index is 1.57. The number of benzene rings is 1. The van der Waals surface area contributed by atoms with Crippen LogP contribution in [-0.2, 0) is 10.0 Å². The van der Waals surface area contributed by atoms with Crippen LogP contribution < -0.4 is 19.5 Å². The molecule has 0 bridgehead atoms. The van der Waals surface area contributed by atoms with Crippen LogP contribution in [0.1, 0.15) is 10.5 Å². The van der Waals surface area contributed by atoms with Gasteiger partial charge >= 0.3 is 0 Å². The molecule has 0 radical (unpaired) electrons. The average molecular weight is 498 g/mol. The molecule has 0 saturated heterocycles. The Hall–Kier alpha value is -4.03. The molecule has 3 aromatic heterocycles. The normalized spacial score (nSPS) is 11.0. The van der Waals surface area contributed by atoms with Crippen molar-refractivity contribution in [3.8, 4) is 22.3 Å². The zero-order valence-electron chi connectivity index (χ0n) is 18.1. The lowest BCUT2D eigenvalue weighted by molar-refractivity contribution is 0.102. The highest BCUT2D eigenvalue weighted by atomic mass is 32.2. The second kappa shape index (κ2) is 9.85. The molecule has 0 unspecified atom stereocenters. The molecule has 0 atom stereocenters. The summed E-state index contributed by atoms with van der Waals surface area (Å²) < 4.78 is 38.6. The van der Waals surface area contributed by atoms with Crippen LogP contribution in [-0.4, -0.2) is 43.5 Å². The van der Waals surface area contributed by atoms with E-state index in [0.717, 1.165) is 5.56 Å². The van der Waals surface area contributed by atoms with E-state index >= 15 is 0 Å². The van der Waals surface area contributed by atoms with E-state index in [9.17, 15) is 13.2 Å². The zero-order valence-corrected chi connectivity index (χ0v) is 19.7. The standard InChI is InChI=1S/C22H19N5O5S2/c1-31-19-11-15(8-9-23-19)27-34(29,30)18-10-16(12-24-21(18)32-2)25-20(28)17-13-33-22(26-17)14-6-4-3-5-7-14/h3-13H,1-2H3,(H,23,27)(H,25,28). The Morgan fingerprint density at radius 2 is 1.79 bits per heavy atom. The molecular weight excluding hydrogens is 478 g/mol. The van der Waals surface area contributed by atoms with Gasteiger partial charge in [0.1, 0.15) is 10.7 Å². The minimum Gasteiger partial charge on any atom is -0.481 e. The fourth-order valence-electron chi connectivity index (χ4n) is 2.93. The fourth-order valence-corrected chi connectivity index (χ4v) is 4.93. The van der Waals surface area contributed by atoms with Gasteiger partial charge in [-0.3, -0.25) is 9.52 Å². The number of carbonyl (C=O) groups excluding carboxylic acids is 1. The Morgan fingerprint density at radius 3 is 2.53 bits per heavy atom. The lowest BCUT2D eigenvalue weighted by Crippen LogP contribution is -2.17. The van der Waals surface area contributed by atoms with E-state index in [-0.39, 0.29) is 33.7 Å². The quantitative estimate of drug-likeness (QED) is 0.377. The molecular formula is C22H19N5O5S2. The van der Waals surface area contributed by atoms with Crippen molar-refractivity contribution in [3.05, 3.63) is 72.0 Å². The Bertz CT molecular complexity index is 1420. The third-order valence-electron chi connectivity index (χ3n) is 4.51. The van der Waals surface area contributed by atoms with E-state index in [0.29, 0.717) is 5.01 Å². The van der Waals surface area contributed by atoms with Crippen molar-refractivity contribution in [3.63, 3.8) is 0 Å². The van der Waals surface area contributed by atoms with Gasteiger partial charge in [-0.2, -0.15) is 0 Å². The number of aromatic nitrogens is 3. The third-order valence-corrected chi connectivity index (χ3v) is 6.78. The first kappa shape index (κ1) is 23.1. The van der Waals surface area contributed by atoms with Crippen LogP contribution in [0.25, 0.3) is 10.6 Å². The first-order valence-electron chi connectivity index (χ1n) is 9.79. The predicted molar refractivity (Wildman–Crippen MR) is 128 cm³/mol. The number of ether oxygens (including phenoxy) is 2.